The molecule has 0 atom stereocenters. The van der Waals surface area contributed by atoms with Crippen LogP contribution in [-0.4, -0.2) is 41.2 Å². The second-order valence-electron chi connectivity index (χ2n) is 8.24. The van der Waals surface area contributed by atoms with Crippen LogP contribution >= 0.6 is 0 Å². The lowest BCUT2D eigenvalue weighted by Crippen LogP contribution is -2.43. The first-order chi connectivity index (χ1) is 15.9. The van der Waals surface area contributed by atoms with Gasteiger partial charge < -0.3 is 14.8 Å². The Morgan fingerprint density at radius 1 is 1.12 bits per heavy atom. The summed E-state index contributed by atoms with van der Waals surface area (Å²) in [5, 5.41) is 2.93. The van der Waals surface area contributed by atoms with Gasteiger partial charge in [0.05, 0.1) is 13.7 Å². The second kappa shape index (κ2) is 11.5. The van der Waals surface area contributed by atoms with Crippen molar-refractivity contribution in [3.05, 3.63) is 62.4 Å². The fourth-order valence-electron chi connectivity index (χ4n) is 4.06. The zero-order chi connectivity index (χ0) is 23.8. The summed E-state index contributed by atoms with van der Waals surface area (Å²) in [5.74, 6) is -1.13. The van der Waals surface area contributed by atoms with Crippen LogP contribution in [0, 0.1) is 0 Å². The fourth-order valence-corrected chi connectivity index (χ4v) is 4.06. The number of carbonyl (C=O) groups is 2. The quantitative estimate of drug-likeness (QED) is 0.441. The third-order valence-corrected chi connectivity index (χ3v) is 5.96. The van der Waals surface area contributed by atoms with Gasteiger partial charge in [0.25, 0.3) is 11.5 Å². The van der Waals surface area contributed by atoms with Crippen molar-refractivity contribution in [2.45, 2.75) is 64.0 Å². The minimum absolute atomic E-state index is 0.0676. The molecule has 178 valence electrons. The zero-order valence-electron chi connectivity index (χ0n) is 19.1. The van der Waals surface area contributed by atoms with Gasteiger partial charge in [-0.05, 0) is 43.6 Å². The molecule has 0 spiro atoms. The molecule has 0 saturated heterocycles. The number of unbranched alkanes of at least 4 members (excludes halogenated alkanes) is 1. The molecule has 0 radical (unpaired) electrons. The van der Waals surface area contributed by atoms with Gasteiger partial charge in [0, 0.05) is 6.04 Å². The number of methoxy groups -OCH3 is 1. The molecule has 2 aromatic rings. The van der Waals surface area contributed by atoms with E-state index in [1.54, 1.807) is 0 Å². The number of esters is 1. The molecule has 1 fully saturated rings. The lowest BCUT2D eigenvalue weighted by molar-refractivity contribution is -0.141. The SMILES string of the molecule is CCCCOc1c(C(=O)NC2CCC(c3ccccc3)CC2)[nH]c(=O)n(CC(=O)OC)c1=O. The molecular formula is C24H31N3O6. The van der Waals surface area contributed by atoms with E-state index in [0.29, 0.717) is 16.9 Å². The topological polar surface area (TPSA) is 119 Å². The molecule has 2 N–H and O–H groups in total. The maximum atomic E-state index is 13.0. The number of nitrogens with one attached hydrogen (secondary N) is 2. The van der Waals surface area contributed by atoms with Crippen molar-refractivity contribution in [1.82, 2.24) is 14.9 Å². The Kier molecular flexibility index (Phi) is 8.46. The van der Waals surface area contributed by atoms with E-state index in [2.05, 4.69) is 27.2 Å². The normalized spacial score (nSPS) is 17.9. The summed E-state index contributed by atoms with van der Waals surface area (Å²) in [6.45, 7) is 1.60. The predicted octanol–water partition coefficient (Wildman–Crippen LogP) is 2.34. The Morgan fingerprint density at radius 2 is 1.82 bits per heavy atom. The maximum Gasteiger partial charge on any atom is 0.329 e. The first-order valence-corrected chi connectivity index (χ1v) is 11.4. The van der Waals surface area contributed by atoms with Gasteiger partial charge in [0.2, 0.25) is 5.75 Å². The smallest absolute Gasteiger partial charge is 0.329 e. The van der Waals surface area contributed by atoms with E-state index in [0.717, 1.165) is 39.2 Å². The first-order valence-electron chi connectivity index (χ1n) is 11.4. The number of amides is 1. The van der Waals surface area contributed by atoms with Gasteiger partial charge in [-0.25, -0.2) is 9.36 Å². The van der Waals surface area contributed by atoms with Crippen molar-refractivity contribution >= 4 is 11.9 Å². The van der Waals surface area contributed by atoms with Crippen LogP contribution in [0.4, 0.5) is 0 Å². The standard InChI is InChI=1S/C24H31N3O6/c1-3-4-14-33-21-20(26-24(31)27(23(21)30)15-19(28)32-2)22(29)25-18-12-10-17(11-13-18)16-8-6-5-7-9-16/h5-9,17-18H,3-4,10-15H2,1-2H3,(H,25,29)(H,26,31). The Bertz CT molecular complexity index is 1070. The second-order valence-corrected chi connectivity index (χ2v) is 8.24. The van der Waals surface area contributed by atoms with Crippen molar-refractivity contribution in [2.24, 2.45) is 0 Å². The Morgan fingerprint density at radius 3 is 2.45 bits per heavy atom. The van der Waals surface area contributed by atoms with E-state index in [9.17, 15) is 19.2 Å². The monoisotopic (exact) mass is 457 g/mol. The fraction of sp³-hybridized carbons (Fsp3) is 0.500. The minimum Gasteiger partial charge on any atom is -0.486 e. The summed E-state index contributed by atoms with van der Waals surface area (Å²) >= 11 is 0. The van der Waals surface area contributed by atoms with Crippen molar-refractivity contribution in [1.29, 1.82) is 0 Å². The molecule has 0 aliphatic heterocycles. The van der Waals surface area contributed by atoms with Crippen LogP contribution in [0.15, 0.2) is 39.9 Å². The molecule has 1 aromatic carbocycles. The number of nitrogens with zero attached hydrogens (tertiary/aromatic N) is 1. The number of hydrogen-bond acceptors (Lipinski definition) is 6. The van der Waals surface area contributed by atoms with Gasteiger partial charge in [-0.1, -0.05) is 43.7 Å². The molecule has 0 unspecified atom stereocenters. The molecule has 1 aliphatic carbocycles. The number of benzene rings is 1. The lowest BCUT2D eigenvalue weighted by atomic mass is 9.82. The van der Waals surface area contributed by atoms with Gasteiger partial charge in [0.1, 0.15) is 6.54 Å². The highest BCUT2D eigenvalue weighted by Gasteiger charge is 2.27. The van der Waals surface area contributed by atoms with Crippen LogP contribution in [0.5, 0.6) is 5.75 Å². The van der Waals surface area contributed by atoms with E-state index in [1.165, 1.54) is 5.56 Å². The molecule has 1 aliphatic rings. The highest BCUT2D eigenvalue weighted by Crippen LogP contribution is 2.32. The Balaban J connectivity index is 1.76. The third-order valence-electron chi connectivity index (χ3n) is 5.96. The first kappa shape index (κ1) is 24.3. The molecule has 33 heavy (non-hydrogen) atoms. The summed E-state index contributed by atoms with van der Waals surface area (Å²) in [4.78, 5) is 52.4. The number of aromatic amines is 1. The summed E-state index contributed by atoms with van der Waals surface area (Å²) in [7, 11) is 1.16. The van der Waals surface area contributed by atoms with Gasteiger partial charge in [-0.15, -0.1) is 0 Å². The van der Waals surface area contributed by atoms with Crippen molar-refractivity contribution in [3.63, 3.8) is 0 Å². The summed E-state index contributed by atoms with van der Waals surface area (Å²) < 4.78 is 10.8. The van der Waals surface area contributed by atoms with E-state index in [1.807, 2.05) is 25.1 Å². The summed E-state index contributed by atoms with van der Waals surface area (Å²) in [6, 6.07) is 10.2. The number of H-pyrrole nitrogens is 1. The average molecular weight is 458 g/mol. The van der Waals surface area contributed by atoms with Crippen LogP contribution < -0.4 is 21.3 Å². The highest BCUT2D eigenvalue weighted by atomic mass is 16.5. The average Bonchev–Trinajstić information content (AvgIpc) is 2.83. The maximum absolute atomic E-state index is 13.0. The van der Waals surface area contributed by atoms with E-state index in [-0.39, 0.29) is 24.1 Å². The van der Waals surface area contributed by atoms with E-state index < -0.39 is 29.7 Å². The Hall–Kier alpha value is -3.36. The van der Waals surface area contributed by atoms with Gasteiger partial charge >= 0.3 is 11.7 Å². The van der Waals surface area contributed by atoms with Crippen molar-refractivity contribution in [3.8, 4) is 5.75 Å². The molecule has 1 saturated carbocycles. The molecule has 0 bridgehead atoms. The van der Waals surface area contributed by atoms with Crippen LogP contribution in [0.1, 0.15) is 67.4 Å². The molecule has 9 heteroatoms. The third kappa shape index (κ3) is 6.12. The zero-order valence-corrected chi connectivity index (χ0v) is 19.1. The molecule has 1 aromatic heterocycles. The summed E-state index contributed by atoms with van der Waals surface area (Å²) in [6.07, 6.45) is 4.95. The molecule has 1 amide bonds. The van der Waals surface area contributed by atoms with Crippen molar-refractivity contribution < 1.29 is 19.1 Å². The molecular weight excluding hydrogens is 426 g/mol. The van der Waals surface area contributed by atoms with Crippen LogP contribution in [0.25, 0.3) is 0 Å². The van der Waals surface area contributed by atoms with Crippen LogP contribution in [0.3, 0.4) is 0 Å². The summed E-state index contributed by atoms with van der Waals surface area (Å²) in [5.41, 5.74) is -0.621. The van der Waals surface area contributed by atoms with Crippen LogP contribution in [-0.2, 0) is 16.1 Å². The number of aromatic nitrogens is 2. The Labute approximate surface area is 192 Å². The minimum atomic E-state index is -0.869. The largest absolute Gasteiger partial charge is 0.486 e. The predicted molar refractivity (Wildman–Crippen MR) is 123 cm³/mol. The lowest BCUT2D eigenvalue weighted by Gasteiger charge is -2.29. The van der Waals surface area contributed by atoms with Crippen LogP contribution in [0.2, 0.25) is 0 Å². The number of hydrogen-bond donors (Lipinski definition) is 2. The van der Waals surface area contributed by atoms with Gasteiger partial charge in [-0.3, -0.25) is 19.4 Å². The highest BCUT2D eigenvalue weighted by molar-refractivity contribution is 5.95. The van der Waals surface area contributed by atoms with Crippen molar-refractivity contribution in [2.75, 3.05) is 13.7 Å². The number of rotatable bonds is 9. The van der Waals surface area contributed by atoms with E-state index in [4.69, 9.17) is 4.74 Å². The number of carbonyl (C=O) groups excluding carboxylic acids is 2. The molecule has 3 rings (SSSR count). The van der Waals surface area contributed by atoms with Gasteiger partial charge in [0.15, 0.2) is 5.69 Å². The molecule has 1 heterocycles. The van der Waals surface area contributed by atoms with Gasteiger partial charge in [-0.2, -0.15) is 0 Å². The molecule has 9 nitrogen and oxygen atoms in total. The van der Waals surface area contributed by atoms with E-state index >= 15 is 0 Å². The number of ether oxygens (including phenoxy) is 2.